The second-order valence-electron chi connectivity index (χ2n) is 4.75. The Balaban J connectivity index is 1.98. The van der Waals surface area contributed by atoms with Crippen LogP contribution in [-0.2, 0) is 13.1 Å². The van der Waals surface area contributed by atoms with Crippen molar-refractivity contribution in [1.82, 2.24) is 4.90 Å². The molecule has 0 radical (unpaired) electrons. The molecule has 0 aromatic heterocycles. The lowest BCUT2D eigenvalue weighted by Gasteiger charge is -2.17. The molecule has 100 valence electrons. The number of nitrogens with one attached hydrogen (secondary N) is 1. The highest BCUT2D eigenvalue weighted by molar-refractivity contribution is 5.44. The Morgan fingerprint density at radius 3 is 2.26 bits per heavy atom. The lowest BCUT2D eigenvalue weighted by molar-refractivity contribution is 0.318. The van der Waals surface area contributed by atoms with Crippen LogP contribution in [0.1, 0.15) is 11.1 Å². The van der Waals surface area contributed by atoms with E-state index in [9.17, 15) is 4.39 Å². The second kappa shape index (κ2) is 6.34. The minimum Gasteiger partial charge on any atom is -0.388 e. The number of rotatable bonds is 5. The summed E-state index contributed by atoms with van der Waals surface area (Å²) in [6.45, 7) is 1.58. The predicted octanol–water partition coefficient (Wildman–Crippen LogP) is 3.50. The van der Waals surface area contributed by atoms with Crippen molar-refractivity contribution in [3.63, 3.8) is 0 Å². The van der Waals surface area contributed by atoms with E-state index < -0.39 is 0 Å². The minimum absolute atomic E-state index is 0.178. The van der Waals surface area contributed by atoms with Crippen LogP contribution in [0.15, 0.2) is 48.5 Å². The Hall–Kier alpha value is -1.87. The van der Waals surface area contributed by atoms with Gasteiger partial charge in [0.1, 0.15) is 5.82 Å². The molecule has 0 saturated heterocycles. The molecule has 0 fully saturated rings. The summed E-state index contributed by atoms with van der Waals surface area (Å²) in [6.07, 6.45) is 0. The summed E-state index contributed by atoms with van der Waals surface area (Å²) in [5, 5.41) is 3.13. The summed E-state index contributed by atoms with van der Waals surface area (Å²) in [5.41, 5.74) is 3.34. The minimum atomic E-state index is -0.178. The van der Waals surface area contributed by atoms with E-state index in [0.29, 0.717) is 0 Å². The summed E-state index contributed by atoms with van der Waals surface area (Å²) in [6, 6.07) is 15.1. The van der Waals surface area contributed by atoms with Crippen LogP contribution in [0.3, 0.4) is 0 Å². The SMILES string of the molecule is CNc1cccc(CN(C)Cc2cccc(F)c2)c1. The maximum absolute atomic E-state index is 13.1. The maximum Gasteiger partial charge on any atom is 0.123 e. The van der Waals surface area contributed by atoms with Crippen LogP contribution < -0.4 is 5.32 Å². The number of hydrogen-bond acceptors (Lipinski definition) is 2. The molecule has 0 bridgehead atoms. The van der Waals surface area contributed by atoms with Crippen LogP contribution in [0.5, 0.6) is 0 Å². The van der Waals surface area contributed by atoms with Gasteiger partial charge in [-0.25, -0.2) is 4.39 Å². The van der Waals surface area contributed by atoms with E-state index in [0.717, 1.165) is 24.3 Å². The van der Waals surface area contributed by atoms with Crippen molar-refractivity contribution in [2.75, 3.05) is 19.4 Å². The fraction of sp³-hybridized carbons (Fsp3) is 0.250. The first-order valence-electron chi connectivity index (χ1n) is 6.37. The standard InChI is InChI=1S/C16H19FN2/c1-18-16-8-4-6-14(10-16)12-19(2)11-13-5-3-7-15(17)9-13/h3-10,18H,11-12H2,1-2H3. The van der Waals surface area contributed by atoms with E-state index in [-0.39, 0.29) is 5.82 Å². The number of hydrogen-bond donors (Lipinski definition) is 1. The van der Waals surface area contributed by atoms with E-state index in [1.165, 1.54) is 11.6 Å². The van der Waals surface area contributed by atoms with Crippen molar-refractivity contribution in [2.24, 2.45) is 0 Å². The summed E-state index contributed by atoms with van der Waals surface area (Å²) >= 11 is 0. The van der Waals surface area contributed by atoms with Gasteiger partial charge >= 0.3 is 0 Å². The molecule has 2 rings (SSSR count). The number of halogens is 1. The average molecular weight is 258 g/mol. The summed E-state index contributed by atoms with van der Waals surface area (Å²) in [5.74, 6) is -0.178. The molecule has 0 aliphatic rings. The summed E-state index contributed by atoms with van der Waals surface area (Å²) in [7, 11) is 3.95. The first-order chi connectivity index (χ1) is 9.17. The van der Waals surface area contributed by atoms with Crippen molar-refractivity contribution >= 4 is 5.69 Å². The van der Waals surface area contributed by atoms with Crippen LogP contribution in [0, 0.1) is 5.82 Å². The van der Waals surface area contributed by atoms with Gasteiger partial charge in [0.05, 0.1) is 0 Å². The van der Waals surface area contributed by atoms with Crippen LogP contribution >= 0.6 is 0 Å². The molecular formula is C16H19FN2. The molecule has 2 aromatic carbocycles. The molecule has 0 heterocycles. The summed E-state index contributed by atoms with van der Waals surface area (Å²) < 4.78 is 13.1. The zero-order valence-electron chi connectivity index (χ0n) is 11.4. The molecule has 2 aromatic rings. The highest BCUT2D eigenvalue weighted by Gasteiger charge is 2.03. The fourth-order valence-electron chi connectivity index (χ4n) is 2.14. The molecule has 0 saturated carbocycles. The molecule has 1 N–H and O–H groups in total. The van der Waals surface area contributed by atoms with Gasteiger partial charge in [0.25, 0.3) is 0 Å². The maximum atomic E-state index is 13.1. The van der Waals surface area contributed by atoms with Crippen LogP contribution in [0.25, 0.3) is 0 Å². The first-order valence-corrected chi connectivity index (χ1v) is 6.37. The quantitative estimate of drug-likeness (QED) is 0.883. The predicted molar refractivity (Wildman–Crippen MR) is 77.6 cm³/mol. The second-order valence-corrected chi connectivity index (χ2v) is 4.75. The smallest absolute Gasteiger partial charge is 0.123 e. The number of nitrogens with zero attached hydrogens (tertiary/aromatic N) is 1. The average Bonchev–Trinajstić information content (AvgIpc) is 2.38. The highest BCUT2D eigenvalue weighted by atomic mass is 19.1. The van der Waals surface area contributed by atoms with Crippen LogP contribution in [0.4, 0.5) is 10.1 Å². The van der Waals surface area contributed by atoms with Gasteiger partial charge in [0.2, 0.25) is 0 Å². The van der Waals surface area contributed by atoms with Crippen LogP contribution in [0.2, 0.25) is 0 Å². The summed E-state index contributed by atoms with van der Waals surface area (Å²) in [4.78, 5) is 2.17. The van der Waals surface area contributed by atoms with Crippen molar-refractivity contribution < 1.29 is 4.39 Å². The molecule has 2 nitrogen and oxygen atoms in total. The van der Waals surface area contributed by atoms with E-state index in [1.54, 1.807) is 12.1 Å². The van der Waals surface area contributed by atoms with Crippen LogP contribution in [-0.4, -0.2) is 19.0 Å². The number of anilines is 1. The third kappa shape index (κ3) is 4.07. The Bertz CT molecular complexity index is 540. The largest absolute Gasteiger partial charge is 0.388 e. The molecule has 19 heavy (non-hydrogen) atoms. The van der Waals surface area contributed by atoms with E-state index >= 15 is 0 Å². The van der Waals surface area contributed by atoms with Crippen molar-refractivity contribution in [1.29, 1.82) is 0 Å². The van der Waals surface area contributed by atoms with Gasteiger partial charge in [-0.05, 0) is 42.4 Å². The fourth-order valence-corrected chi connectivity index (χ4v) is 2.14. The Morgan fingerprint density at radius 1 is 1.00 bits per heavy atom. The molecular weight excluding hydrogens is 239 g/mol. The lowest BCUT2D eigenvalue weighted by atomic mass is 10.1. The zero-order valence-corrected chi connectivity index (χ0v) is 11.4. The third-order valence-electron chi connectivity index (χ3n) is 3.01. The molecule has 0 amide bonds. The van der Waals surface area contributed by atoms with Crippen molar-refractivity contribution in [2.45, 2.75) is 13.1 Å². The molecule has 0 atom stereocenters. The topological polar surface area (TPSA) is 15.3 Å². The van der Waals surface area contributed by atoms with Gasteiger partial charge in [-0.15, -0.1) is 0 Å². The van der Waals surface area contributed by atoms with E-state index in [4.69, 9.17) is 0 Å². The zero-order chi connectivity index (χ0) is 13.7. The van der Waals surface area contributed by atoms with Gasteiger partial charge in [0, 0.05) is 25.8 Å². The molecule has 0 aliphatic heterocycles. The number of benzene rings is 2. The van der Waals surface area contributed by atoms with Gasteiger partial charge in [-0.2, -0.15) is 0 Å². The molecule has 0 aliphatic carbocycles. The van der Waals surface area contributed by atoms with Gasteiger partial charge < -0.3 is 5.32 Å². The molecule has 0 spiro atoms. The monoisotopic (exact) mass is 258 g/mol. The van der Waals surface area contributed by atoms with Crippen molar-refractivity contribution in [3.8, 4) is 0 Å². The third-order valence-corrected chi connectivity index (χ3v) is 3.01. The lowest BCUT2D eigenvalue weighted by Crippen LogP contribution is -2.17. The highest BCUT2D eigenvalue weighted by Crippen LogP contribution is 2.13. The Morgan fingerprint density at radius 2 is 1.63 bits per heavy atom. The van der Waals surface area contributed by atoms with Crippen molar-refractivity contribution in [3.05, 3.63) is 65.5 Å². The van der Waals surface area contributed by atoms with E-state index in [2.05, 4.69) is 22.3 Å². The Labute approximate surface area is 113 Å². The Kier molecular flexibility index (Phi) is 4.53. The first kappa shape index (κ1) is 13.6. The van der Waals surface area contributed by atoms with E-state index in [1.807, 2.05) is 32.3 Å². The molecule has 0 unspecified atom stereocenters. The van der Waals surface area contributed by atoms with Gasteiger partial charge in [-0.3, -0.25) is 4.90 Å². The van der Waals surface area contributed by atoms with Gasteiger partial charge in [-0.1, -0.05) is 24.3 Å². The van der Waals surface area contributed by atoms with Gasteiger partial charge in [0.15, 0.2) is 0 Å². The normalized spacial score (nSPS) is 10.7. The molecule has 3 heteroatoms.